The Balaban J connectivity index is 2.33. The summed E-state index contributed by atoms with van der Waals surface area (Å²) in [6.45, 7) is 0. The highest BCUT2D eigenvalue weighted by atomic mass is 16.5. The first-order valence-corrected chi connectivity index (χ1v) is 6.07. The van der Waals surface area contributed by atoms with Gasteiger partial charge in [0.1, 0.15) is 11.5 Å². The maximum Gasteiger partial charge on any atom is 0.337 e. The summed E-state index contributed by atoms with van der Waals surface area (Å²) < 4.78 is 10.2. The summed E-state index contributed by atoms with van der Waals surface area (Å²) in [6.07, 6.45) is 0. The average Bonchev–Trinajstić information content (AvgIpc) is 2.48. The molecule has 0 aliphatic heterocycles. The molecule has 2 rings (SSSR count). The van der Waals surface area contributed by atoms with Crippen LogP contribution >= 0.6 is 0 Å². The molecule has 21 heavy (non-hydrogen) atoms. The Hall–Kier alpha value is -3.02. The molecule has 0 bridgehead atoms. The van der Waals surface area contributed by atoms with Gasteiger partial charge in [0.2, 0.25) is 0 Å². The monoisotopic (exact) mass is 286 g/mol. The Bertz CT molecular complexity index is 698. The number of methoxy groups -OCH3 is 1. The summed E-state index contributed by atoms with van der Waals surface area (Å²) >= 11 is 0. The molecule has 0 aliphatic carbocycles. The predicted octanol–water partition coefficient (Wildman–Crippen LogP) is 1.95. The van der Waals surface area contributed by atoms with Crippen LogP contribution in [0.25, 0.3) is 0 Å². The van der Waals surface area contributed by atoms with Gasteiger partial charge >= 0.3 is 5.97 Å². The lowest BCUT2D eigenvalue weighted by Gasteiger charge is -2.11. The van der Waals surface area contributed by atoms with Crippen molar-refractivity contribution in [3.05, 3.63) is 53.6 Å². The van der Waals surface area contributed by atoms with Gasteiger partial charge in [-0.1, -0.05) is 12.1 Å². The van der Waals surface area contributed by atoms with E-state index >= 15 is 0 Å². The number of carbonyl (C=O) groups excluding carboxylic acids is 2. The third-order valence-corrected chi connectivity index (χ3v) is 2.80. The van der Waals surface area contributed by atoms with Gasteiger partial charge in [0.25, 0.3) is 5.91 Å². The lowest BCUT2D eigenvalue weighted by atomic mass is 10.1. The van der Waals surface area contributed by atoms with Gasteiger partial charge in [0.15, 0.2) is 0 Å². The Kier molecular flexibility index (Phi) is 4.08. The number of ether oxygens (including phenoxy) is 2. The Morgan fingerprint density at radius 3 is 2.38 bits per heavy atom. The first-order valence-electron chi connectivity index (χ1n) is 6.07. The van der Waals surface area contributed by atoms with Crippen LogP contribution in [-0.4, -0.2) is 19.0 Å². The molecule has 0 atom stereocenters. The first kappa shape index (κ1) is 14.4. The van der Waals surface area contributed by atoms with Crippen LogP contribution in [0.3, 0.4) is 0 Å². The van der Waals surface area contributed by atoms with E-state index in [1.807, 2.05) is 0 Å². The number of anilines is 1. The minimum absolute atomic E-state index is 0.244. The summed E-state index contributed by atoms with van der Waals surface area (Å²) in [6, 6.07) is 11.0. The van der Waals surface area contributed by atoms with Crippen LogP contribution in [0.2, 0.25) is 0 Å². The Labute approximate surface area is 121 Å². The molecule has 2 aromatic carbocycles. The Morgan fingerprint density at radius 1 is 1.05 bits per heavy atom. The van der Waals surface area contributed by atoms with E-state index in [1.165, 1.54) is 25.3 Å². The number of hydrogen-bond acceptors (Lipinski definition) is 5. The number of amides is 1. The molecule has 0 spiro atoms. The minimum atomic E-state index is -0.602. The van der Waals surface area contributed by atoms with Gasteiger partial charge in [0, 0.05) is 0 Å². The predicted molar refractivity (Wildman–Crippen MR) is 77.2 cm³/mol. The molecule has 2 aromatic rings. The second-order valence-electron chi connectivity index (χ2n) is 4.21. The zero-order valence-electron chi connectivity index (χ0n) is 11.3. The zero-order valence-corrected chi connectivity index (χ0v) is 11.3. The van der Waals surface area contributed by atoms with Gasteiger partial charge in [-0.2, -0.15) is 0 Å². The average molecular weight is 286 g/mol. The SMILES string of the molecule is COC(=O)c1ccc(Oc2ccccc2C(N)=O)c(N)c1. The molecule has 0 fully saturated rings. The number of primary amides is 1. The number of nitrogens with two attached hydrogens (primary N) is 2. The van der Waals surface area contributed by atoms with Crippen LogP contribution in [0.4, 0.5) is 5.69 Å². The number of para-hydroxylation sites is 1. The van der Waals surface area contributed by atoms with Gasteiger partial charge < -0.3 is 20.9 Å². The van der Waals surface area contributed by atoms with Crippen LogP contribution in [0.15, 0.2) is 42.5 Å². The van der Waals surface area contributed by atoms with Crippen LogP contribution in [0, 0.1) is 0 Å². The second-order valence-corrected chi connectivity index (χ2v) is 4.21. The van der Waals surface area contributed by atoms with Crippen molar-refractivity contribution in [1.82, 2.24) is 0 Å². The highest BCUT2D eigenvalue weighted by Gasteiger charge is 2.13. The highest BCUT2D eigenvalue weighted by Crippen LogP contribution is 2.30. The summed E-state index contributed by atoms with van der Waals surface area (Å²) in [5.41, 5.74) is 11.9. The number of esters is 1. The fraction of sp³-hybridized carbons (Fsp3) is 0.0667. The van der Waals surface area contributed by atoms with Crippen LogP contribution < -0.4 is 16.2 Å². The quantitative estimate of drug-likeness (QED) is 0.660. The highest BCUT2D eigenvalue weighted by molar-refractivity contribution is 5.95. The van der Waals surface area contributed by atoms with Crippen LogP contribution in [0.5, 0.6) is 11.5 Å². The van der Waals surface area contributed by atoms with E-state index in [-0.39, 0.29) is 11.3 Å². The van der Waals surface area contributed by atoms with E-state index in [2.05, 4.69) is 4.74 Å². The van der Waals surface area contributed by atoms with Crippen LogP contribution in [0.1, 0.15) is 20.7 Å². The standard InChI is InChI=1S/C15H14N2O4/c1-20-15(19)9-6-7-13(11(16)8-9)21-12-5-3-2-4-10(12)14(17)18/h2-8H,16H2,1H3,(H2,17,18). The molecule has 4 N–H and O–H groups in total. The molecule has 0 saturated carbocycles. The van der Waals surface area contributed by atoms with E-state index < -0.39 is 11.9 Å². The zero-order chi connectivity index (χ0) is 15.4. The van der Waals surface area contributed by atoms with Crippen molar-refractivity contribution in [3.63, 3.8) is 0 Å². The van der Waals surface area contributed by atoms with Crippen molar-refractivity contribution >= 4 is 17.6 Å². The molecule has 1 amide bonds. The third-order valence-electron chi connectivity index (χ3n) is 2.80. The molecule has 6 heteroatoms. The van der Waals surface area contributed by atoms with E-state index in [0.29, 0.717) is 17.1 Å². The summed E-state index contributed by atoms with van der Waals surface area (Å²) in [5, 5.41) is 0. The van der Waals surface area contributed by atoms with Crippen molar-refractivity contribution in [2.24, 2.45) is 5.73 Å². The number of carbonyl (C=O) groups is 2. The van der Waals surface area contributed by atoms with Gasteiger partial charge in [-0.05, 0) is 30.3 Å². The first-order chi connectivity index (χ1) is 10.0. The topological polar surface area (TPSA) is 105 Å². The fourth-order valence-electron chi connectivity index (χ4n) is 1.76. The van der Waals surface area contributed by atoms with E-state index in [1.54, 1.807) is 24.3 Å². The van der Waals surface area contributed by atoms with Gasteiger partial charge in [-0.15, -0.1) is 0 Å². The molecule has 0 unspecified atom stereocenters. The van der Waals surface area contributed by atoms with Crippen molar-refractivity contribution in [2.75, 3.05) is 12.8 Å². The number of hydrogen-bond donors (Lipinski definition) is 2. The van der Waals surface area contributed by atoms with E-state index in [9.17, 15) is 9.59 Å². The molecule has 0 radical (unpaired) electrons. The normalized spacial score (nSPS) is 9.95. The summed E-state index contributed by atoms with van der Waals surface area (Å²) in [4.78, 5) is 22.7. The van der Waals surface area contributed by atoms with Gasteiger partial charge in [0.05, 0.1) is 23.9 Å². The van der Waals surface area contributed by atoms with Gasteiger partial charge in [-0.25, -0.2) is 4.79 Å². The summed E-state index contributed by atoms with van der Waals surface area (Å²) in [5.74, 6) is -0.486. The molecule has 6 nitrogen and oxygen atoms in total. The van der Waals surface area contributed by atoms with Crippen LogP contribution in [-0.2, 0) is 4.74 Å². The van der Waals surface area contributed by atoms with Crippen molar-refractivity contribution in [3.8, 4) is 11.5 Å². The maximum absolute atomic E-state index is 11.4. The number of nitrogen functional groups attached to an aromatic ring is 1. The fourth-order valence-corrected chi connectivity index (χ4v) is 1.76. The molecule has 0 heterocycles. The molecular formula is C15H14N2O4. The Morgan fingerprint density at radius 2 is 1.76 bits per heavy atom. The van der Waals surface area contributed by atoms with E-state index in [4.69, 9.17) is 16.2 Å². The lowest BCUT2D eigenvalue weighted by molar-refractivity contribution is 0.0600. The van der Waals surface area contributed by atoms with Crippen molar-refractivity contribution in [2.45, 2.75) is 0 Å². The minimum Gasteiger partial charge on any atom is -0.465 e. The molecule has 108 valence electrons. The van der Waals surface area contributed by atoms with Crippen molar-refractivity contribution in [1.29, 1.82) is 0 Å². The molecular weight excluding hydrogens is 272 g/mol. The number of benzene rings is 2. The van der Waals surface area contributed by atoms with Gasteiger partial charge in [-0.3, -0.25) is 4.79 Å². The third kappa shape index (κ3) is 3.11. The number of rotatable bonds is 4. The summed E-state index contributed by atoms with van der Waals surface area (Å²) in [7, 11) is 1.28. The van der Waals surface area contributed by atoms with E-state index in [0.717, 1.165) is 0 Å². The second kappa shape index (κ2) is 5.96. The smallest absolute Gasteiger partial charge is 0.337 e. The lowest BCUT2D eigenvalue weighted by Crippen LogP contribution is -2.12. The molecule has 0 aromatic heterocycles. The van der Waals surface area contributed by atoms with Crippen molar-refractivity contribution < 1.29 is 19.1 Å². The molecule has 0 aliphatic rings. The largest absolute Gasteiger partial charge is 0.465 e. The maximum atomic E-state index is 11.4. The molecule has 0 saturated heterocycles.